The Labute approximate surface area is 156 Å². The first kappa shape index (κ1) is 18.1. The average molecular weight is 362 g/mol. The third kappa shape index (κ3) is 4.70. The van der Waals surface area contributed by atoms with Crippen molar-refractivity contribution < 1.29 is 14.5 Å². The van der Waals surface area contributed by atoms with Gasteiger partial charge in [0.1, 0.15) is 0 Å². The third-order valence-electron chi connectivity index (χ3n) is 3.99. The predicted octanol–water partition coefficient (Wildman–Crippen LogP) is 3.88. The lowest BCUT2D eigenvalue weighted by Gasteiger charge is -2.20. The Bertz CT molecular complexity index is 874. The number of nitro benzene ring substituents is 1. The molecule has 0 radical (unpaired) electrons. The largest absolute Gasteiger partial charge is 0.477 e. The van der Waals surface area contributed by atoms with Crippen LogP contribution in [-0.4, -0.2) is 17.4 Å². The van der Waals surface area contributed by atoms with Crippen LogP contribution in [0.1, 0.15) is 17.2 Å². The van der Waals surface area contributed by atoms with E-state index in [0.29, 0.717) is 0 Å². The normalized spacial score (nSPS) is 10.4. The van der Waals surface area contributed by atoms with Crippen molar-refractivity contribution in [2.45, 2.75) is 6.04 Å². The van der Waals surface area contributed by atoms with E-state index in [9.17, 15) is 14.9 Å². The number of carbonyl (C=O) groups is 1. The predicted molar refractivity (Wildman–Crippen MR) is 101 cm³/mol. The molecule has 3 aromatic carbocycles. The van der Waals surface area contributed by atoms with Gasteiger partial charge < -0.3 is 10.1 Å². The molecule has 27 heavy (non-hydrogen) atoms. The van der Waals surface area contributed by atoms with E-state index < -0.39 is 4.92 Å². The minimum Gasteiger partial charge on any atom is -0.477 e. The molecule has 0 spiro atoms. The molecule has 0 atom stereocenters. The monoisotopic (exact) mass is 362 g/mol. The quantitative estimate of drug-likeness (QED) is 0.511. The highest BCUT2D eigenvalue weighted by Gasteiger charge is 2.19. The van der Waals surface area contributed by atoms with Gasteiger partial charge in [0.25, 0.3) is 5.91 Å². The van der Waals surface area contributed by atoms with Crippen LogP contribution in [0.4, 0.5) is 5.69 Å². The standard InChI is InChI=1S/C21H18N2O4/c24-20(15-27-19-14-8-7-13-18(19)23(25)26)22-21(16-9-3-1-4-10-16)17-11-5-2-6-12-17/h1-14,21H,15H2,(H,22,24). The van der Waals surface area contributed by atoms with Gasteiger partial charge >= 0.3 is 5.69 Å². The van der Waals surface area contributed by atoms with E-state index >= 15 is 0 Å². The third-order valence-corrected chi connectivity index (χ3v) is 3.99. The molecule has 0 aliphatic heterocycles. The summed E-state index contributed by atoms with van der Waals surface area (Å²) in [4.78, 5) is 23.0. The van der Waals surface area contributed by atoms with Gasteiger partial charge in [-0.25, -0.2) is 0 Å². The van der Waals surface area contributed by atoms with Gasteiger partial charge in [0, 0.05) is 6.07 Å². The van der Waals surface area contributed by atoms with Crippen molar-refractivity contribution in [1.82, 2.24) is 5.32 Å². The van der Waals surface area contributed by atoms with Crippen LogP contribution in [-0.2, 0) is 4.79 Å². The molecular weight excluding hydrogens is 344 g/mol. The lowest BCUT2D eigenvalue weighted by Crippen LogP contribution is -2.33. The smallest absolute Gasteiger partial charge is 0.310 e. The van der Waals surface area contributed by atoms with Crippen LogP contribution >= 0.6 is 0 Å². The summed E-state index contributed by atoms with van der Waals surface area (Å²) in [5.74, 6) is -0.306. The van der Waals surface area contributed by atoms with Crippen molar-refractivity contribution in [2.24, 2.45) is 0 Å². The van der Waals surface area contributed by atoms with Crippen molar-refractivity contribution in [3.05, 3.63) is 106 Å². The van der Waals surface area contributed by atoms with E-state index in [1.807, 2.05) is 60.7 Å². The second-order valence-corrected chi connectivity index (χ2v) is 5.84. The maximum absolute atomic E-state index is 12.4. The van der Waals surface area contributed by atoms with Gasteiger partial charge in [-0.15, -0.1) is 0 Å². The molecule has 0 fully saturated rings. The molecule has 0 aliphatic rings. The van der Waals surface area contributed by atoms with Gasteiger partial charge in [-0.1, -0.05) is 72.8 Å². The zero-order valence-corrected chi connectivity index (χ0v) is 14.4. The SMILES string of the molecule is O=C(COc1ccccc1[N+](=O)[O-])NC(c1ccccc1)c1ccccc1. The minimum absolute atomic E-state index is 0.0635. The fraction of sp³-hybridized carbons (Fsp3) is 0.0952. The van der Waals surface area contributed by atoms with Gasteiger partial charge in [0.2, 0.25) is 0 Å². The Kier molecular flexibility index (Phi) is 5.79. The first-order chi connectivity index (χ1) is 13.1. The van der Waals surface area contributed by atoms with Crippen molar-refractivity contribution >= 4 is 11.6 Å². The van der Waals surface area contributed by atoms with Crippen LogP contribution in [0.15, 0.2) is 84.9 Å². The van der Waals surface area contributed by atoms with Crippen LogP contribution in [0.3, 0.4) is 0 Å². The molecule has 0 saturated heterocycles. The fourth-order valence-electron chi connectivity index (χ4n) is 2.73. The molecule has 0 unspecified atom stereocenters. The maximum Gasteiger partial charge on any atom is 0.310 e. The minimum atomic E-state index is -0.538. The Morgan fingerprint density at radius 3 is 1.96 bits per heavy atom. The van der Waals surface area contributed by atoms with Crippen LogP contribution in [0, 0.1) is 10.1 Å². The van der Waals surface area contributed by atoms with E-state index in [2.05, 4.69) is 5.32 Å². The van der Waals surface area contributed by atoms with Gasteiger partial charge in [0.15, 0.2) is 12.4 Å². The Hall–Kier alpha value is -3.67. The molecule has 1 amide bonds. The summed E-state index contributed by atoms with van der Waals surface area (Å²) in [5, 5.41) is 14.0. The molecule has 6 heteroatoms. The molecule has 0 aromatic heterocycles. The zero-order valence-electron chi connectivity index (χ0n) is 14.4. The van der Waals surface area contributed by atoms with Gasteiger partial charge in [0.05, 0.1) is 11.0 Å². The van der Waals surface area contributed by atoms with E-state index in [-0.39, 0.29) is 30.0 Å². The number of amides is 1. The highest BCUT2D eigenvalue weighted by molar-refractivity contribution is 5.78. The van der Waals surface area contributed by atoms with Crippen molar-refractivity contribution in [1.29, 1.82) is 0 Å². The molecule has 0 saturated carbocycles. The number of carbonyl (C=O) groups excluding carboxylic acids is 1. The average Bonchev–Trinajstić information content (AvgIpc) is 2.72. The van der Waals surface area contributed by atoms with Crippen LogP contribution < -0.4 is 10.1 Å². The van der Waals surface area contributed by atoms with Crippen molar-refractivity contribution in [2.75, 3.05) is 6.61 Å². The second kappa shape index (κ2) is 8.62. The van der Waals surface area contributed by atoms with Crippen molar-refractivity contribution in [3.63, 3.8) is 0 Å². The summed E-state index contributed by atoms with van der Waals surface area (Å²) < 4.78 is 5.38. The molecule has 6 nitrogen and oxygen atoms in total. The second-order valence-electron chi connectivity index (χ2n) is 5.84. The van der Waals surface area contributed by atoms with E-state index in [4.69, 9.17) is 4.74 Å². The maximum atomic E-state index is 12.4. The van der Waals surface area contributed by atoms with Gasteiger partial charge in [-0.2, -0.15) is 0 Å². The topological polar surface area (TPSA) is 81.5 Å². The van der Waals surface area contributed by atoms with Gasteiger partial charge in [-0.05, 0) is 17.2 Å². The van der Waals surface area contributed by atoms with Crippen LogP contribution in [0.2, 0.25) is 0 Å². The lowest BCUT2D eigenvalue weighted by molar-refractivity contribution is -0.385. The summed E-state index contributed by atoms with van der Waals surface area (Å²) in [6.45, 7) is -0.318. The number of nitro groups is 1. The number of nitrogens with zero attached hydrogens (tertiary/aromatic N) is 1. The summed E-state index contributed by atoms with van der Waals surface area (Å²) in [5.41, 5.74) is 1.69. The first-order valence-corrected chi connectivity index (χ1v) is 8.40. The molecule has 0 aliphatic carbocycles. The summed E-state index contributed by atoms with van der Waals surface area (Å²) in [6, 6.07) is 24.8. The number of hydrogen-bond acceptors (Lipinski definition) is 4. The van der Waals surface area contributed by atoms with Crippen molar-refractivity contribution in [3.8, 4) is 5.75 Å². The van der Waals surface area contributed by atoms with Crippen LogP contribution in [0.25, 0.3) is 0 Å². The lowest BCUT2D eigenvalue weighted by atomic mass is 9.99. The number of hydrogen-bond donors (Lipinski definition) is 1. The summed E-state index contributed by atoms with van der Waals surface area (Å²) in [6.07, 6.45) is 0. The molecule has 0 heterocycles. The first-order valence-electron chi connectivity index (χ1n) is 8.40. The Balaban J connectivity index is 1.73. The van der Waals surface area contributed by atoms with E-state index in [0.717, 1.165) is 11.1 Å². The highest BCUT2D eigenvalue weighted by atomic mass is 16.6. The highest BCUT2D eigenvalue weighted by Crippen LogP contribution is 2.26. The van der Waals surface area contributed by atoms with Crippen LogP contribution in [0.5, 0.6) is 5.75 Å². The van der Waals surface area contributed by atoms with E-state index in [1.165, 1.54) is 12.1 Å². The Morgan fingerprint density at radius 2 is 1.41 bits per heavy atom. The Morgan fingerprint density at radius 1 is 0.889 bits per heavy atom. The molecular formula is C21H18N2O4. The molecule has 3 rings (SSSR count). The number of ether oxygens (including phenoxy) is 1. The fourth-order valence-corrected chi connectivity index (χ4v) is 2.73. The number of benzene rings is 3. The number of rotatable bonds is 7. The summed E-state index contributed by atoms with van der Waals surface area (Å²) >= 11 is 0. The molecule has 1 N–H and O–H groups in total. The van der Waals surface area contributed by atoms with Gasteiger partial charge in [-0.3, -0.25) is 14.9 Å². The van der Waals surface area contributed by atoms with E-state index in [1.54, 1.807) is 12.1 Å². The molecule has 136 valence electrons. The number of nitrogens with one attached hydrogen (secondary N) is 1. The summed E-state index contributed by atoms with van der Waals surface area (Å²) in [7, 11) is 0. The zero-order chi connectivity index (χ0) is 19.1. The molecule has 0 bridgehead atoms. The molecule has 3 aromatic rings. The number of para-hydroxylation sites is 2.